The number of aromatic nitrogens is 2. The fourth-order valence-corrected chi connectivity index (χ4v) is 6.70. The summed E-state index contributed by atoms with van der Waals surface area (Å²) in [6.07, 6.45) is 0.217. The van der Waals surface area contributed by atoms with Gasteiger partial charge in [0.15, 0.2) is 0 Å². The molecule has 5 aromatic rings. The van der Waals surface area contributed by atoms with Gasteiger partial charge >= 0.3 is 11.9 Å². The van der Waals surface area contributed by atoms with Crippen molar-refractivity contribution in [1.29, 1.82) is 5.26 Å². The molecule has 0 aliphatic carbocycles. The molecule has 2 unspecified atom stereocenters. The summed E-state index contributed by atoms with van der Waals surface area (Å²) in [5.41, 5.74) is 8.39. The number of aliphatic hydroxyl groups excluding tert-OH is 2. The fraction of sp³-hybridized carbons (Fsp3) is 0.311. The SMILES string of the molecule is COc1nc(OCc2cccc(-c3cccc(COc4cc(OCc5cncc(C#N)c5)c(CNCC(O)CC(=O)O)cc4Cl)c3C)c2C)ccc1CNCC(O)CC(=O)O. The van der Waals surface area contributed by atoms with Crippen LogP contribution in [0.5, 0.6) is 23.3 Å². The molecule has 0 spiro atoms. The summed E-state index contributed by atoms with van der Waals surface area (Å²) in [5, 5.41) is 53.4. The molecule has 0 saturated carbocycles. The maximum Gasteiger partial charge on any atom is 0.306 e. The van der Waals surface area contributed by atoms with Gasteiger partial charge in [0.1, 0.15) is 37.4 Å². The van der Waals surface area contributed by atoms with Crippen molar-refractivity contribution in [3.8, 4) is 40.5 Å². The molecule has 0 fully saturated rings. The number of pyridine rings is 2. The van der Waals surface area contributed by atoms with Crippen LogP contribution in [0.1, 0.15) is 57.3 Å². The van der Waals surface area contributed by atoms with Gasteiger partial charge in [-0.1, -0.05) is 48.0 Å². The predicted octanol–water partition coefficient (Wildman–Crippen LogP) is 5.88. The smallest absolute Gasteiger partial charge is 0.306 e. The van der Waals surface area contributed by atoms with Gasteiger partial charge in [0.2, 0.25) is 11.8 Å². The Balaban J connectivity index is 1.28. The van der Waals surface area contributed by atoms with E-state index >= 15 is 0 Å². The number of aliphatic hydroxyl groups is 2. The Bertz CT molecular complexity index is 2350. The lowest BCUT2D eigenvalue weighted by Crippen LogP contribution is -2.28. The van der Waals surface area contributed by atoms with Crippen molar-refractivity contribution in [2.45, 2.75) is 71.8 Å². The molecule has 15 nitrogen and oxygen atoms in total. The molecular formula is C45H48ClN5O10. The van der Waals surface area contributed by atoms with Crippen LogP contribution in [-0.4, -0.2) is 74.7 Å². The Morgan fingerprint density at radius 3 is 1.93 bits per heavy atom. The number of hydrogen-bond acceptors (Lipinski definition) is 13. The zero-order valence-corrected chi connectivity index (χ0v) is 34.7. The van der Waals surface area contributed by atoms with E-state index in [1.807, 2.05) is 38.1 Å². The van der Waals surface area contributed by atoms with E-state index in [1.165, 1.54) is 13.3 Å². The second-order valence-corrected chi connectivity index (χ2v) is 14.6. The second kappa shape index (κ2) is 22.4. The Morgan fingerprint density at radius 1 is 0.754 bits per heavy atom. The molecule has 2 atom stereocenters. The number of carbonyl (C=O) groups is 2. The van der Waals surface area contributed by atoms with E-state index in [1.54, 1.807) is 36.5 Å². The van der Waals surface area contributed by atoms with E-state index in [-0.39, 0.29) is 45.9 Å². The third-order valence-electron chi connectivity index (χ3n) is 9.69. The molecule has 6 N–H and O–H groups in total. The van der Waals surface area contributed by atoms with Crippen LogP contribution in [0.2, 0.25) is 5.02 Å². The molecule has 0 aliphatic heterocycles. The largest absolute Gasteiger partial charge is 0.488 e. The summed E-state index contributed by atoms with van der Waals surface area (Å²) in [6, 6.07) is 22.7. The molecular weight excluding hydrogens is 806 g/mol. The number of rotatable bonds is 23. The topological polar surface area (TPSA) is 226 Å². The zero-order chi connectivity index (χ0) is 43.9. The minimum Gasteiger partial charge on any atom is -0.488 e. The number of aliphatic carboxylic acids is 2. The number of carboxylic acids is 2. The summed E-state index contributed by atoms with van der Waals surface area (Å²) in [7, 11) is 1.50. The summed E-state index contributed by atoms with van der Waals surface area (Å²) in [5.74, 6) is -0.652. The zero-order valence-electron chi connectivity index (χ0n) is 34.0. The highest BCUT2D eigenvalue weighted by Crippen LogP contribution is 2.36. The minimum atomic E-state index is -1.10. The second-order valence-electron chi connectivity index (χ2n) is 14.2. The van der Waals surface area contributed by atoms with Crippen LogP contribution in [-0.2, 0) is 42.5 Å². The fourth-order valence-electron chi connectivity index (χ4n) is 6.46. The third-order valence-corrected chi connectivity index (χ3v) is 9.99. The van der Waals surface area contributed by atoms with Crippen molar-refractivity contribution in [2.24, 2.45) is 0 Å². The van der Waals surface area contributed by atoms with Crippen LogP contribution in [0.4, 0.5) is 0 Å². The Hall–Kier alpha value is -6.28. The van der Waals surface area contributed by atoms with Crippen molar-refractivity contribution in [3.63, 3.8) is 0 Å². The predicted molar refractivity (Wildman–Crippen MR) is 225 cm³/mol. The van der Waals surface area contributed by atoms with E-state index in [0.717, 1.165) is 38.9 Å². The average molecular weight is 854 g/mol. The van der Waals surface area contributed by atoms with Gasteiger partial charge in [0.05, 0.1) is 42.7 Å². The van der Waals surface area contributed by atoms with E-state index < -0.39 is 30.6 Å². The Morgan fingerprint density at radius 2 is 1.34 bits per heavy atom. The maximum absolute atomic E-state index is 11.0. The van der Waals surface area contributed by atoms with Crippen LogP contribution in [0, 0.1) is 25.2 Å². The van der Waals surface area contributed by atoms with Gasteiger partial charge in [-0.05, 0) is 65.4 Å². The molecule has 0 saturated heterocycles. The molecule has 0 radical (unpaired) electrons. The molecule has 3 aromatic carbocycles. The minimum absolute atomic E-state index is 0.0353. The molecule has 61 heavy (non-hydrogen) atoms. The molecule has 320 valence electrons. The third kappa shape index (κ3) is 13.4. The Kier molecular flexibility index (Phi) is 16.8. The highest BCUT2D eigenvalue weighted by molar-refractivity contribution is 6.32. The first-order valence-corrected chi connectivity index (χ1v) is 19.7. The van der Waals surface area contributed by atoms with E-state index in [9.17, 15) is 25.1 Å². The number of nitriles is 1. The molecule has 0 amide bonds. The summed E-state index contributed by atoms with van der Waals surface area (Å²) in [6.45, 7) is 5.27. The van der Waals surface area contributed by atoms with Gasteiger partial charge < -0.3 is 50.0 Å². The molecule has 5 rings (SSSR count). The Labute approximate surface area is 358 Å². The van der Waals surface area contributed by atoms with E-state index in [4.69, 9.17) is 40.8 Å². The lowest BCUT2D eigenvalue weighted by Gasteiger charge is -2.18. The quantitative estimate of drug-likeness (QED) is 0.0451. The number of nitrogens with one attached hydrogen (secondary N) is 2. The van der Waals surface area contributed by atoms with Gasteiger partial charge in [0, 0.05) is 67.4 Å². The number of methoxy groups -OCH3 is 1. The van der Waals surface area contributed by atoms with Crippen molar-refractivity contribution in [2.75, 3.05) is 20.2 Å². The normalized spacial score (nSPS) is 12.0. The molecule has 0 bridgehead atoms. The van der Waals surface area contributed by atoms with Crippen molar-refractivity contribution in [1.82, 2.24) is 20.6 Å². The van der Waals surface area contributed by atoms with Crippen LogP contribution >= 0.6 is 11.6 Å². The highest BCUT2D eigenvalue weighted by Gasteiger charge is 2.17. The van der Waals surface area contributed by atoms with E-state index in [0.29, 0.717) is 51.5 Å². The number of carboxylic acid groups (broad SMARTS) is 2. The first-order valence-electron chi connectivity index (χ1n) is 19.3. The number of nitrogens with zero attached hydrogens (tertiary/aromatic N) is 3. The standard InChI is InChI=1S/C45H48ClN5O10/c1-27-32(25-60-41-16-40(59-24-30-12-29(17-47)18-48-19-30)34(13-39(41)46)21-50-23-36(53)15-44(56)57)6-4-8-37(27)38-9-5-7-33(28(38)2)26-61-42-11-10-31(45(51-42)58-3)20-49-22-35(52)14-43(54)55/h4-13,16,18-19,35-36,49-50,52-53H,14-15,20-26H2,1-3H3,(H,54,55)(H,56,57). The van der Waals surface area contributed by atoms with Crippen LogP contribution in [0.3, 0.4) is 0 Å². The average Bonchev–Trinajstić information content (AvgIpc) is 3.23. The summed E-state index contributed by atoms with van der Waals surface area (Å²) < 4.78 is 24.1. The molecule has 2 aromatic heterocycles. The lowest BCUT2D eigenvalue weighted by molar-refractivity contribution is -0.140. The lowest BCUT2D eigenvalue weighted by atomic mass is 9.92. The summed E-state index contributed by atoms with van der Waals surface area (Å²) >= 11 is 6.75. The van der Waals surface area contributed by atoms with E-state index in [2.05, 4.69) is 38.8 Å². The van der Waals surface area contributed by atoms with Gasteiger partial charge in [-0.15, -0.1) is 0 Å². The van der Waals surface area contributed by atoms with Crippen LogP contribution < -0.4 is 29.6 Å². The highest BCUT2D eigenvalue weighted by atomic mass is 35.5. The maximum atomic E-state index is 11.0. The van der Waals surface area contributed by atoms with Crippen LogP contribution in [0.15, 0.2) is 79.1 Å². The number of halogens is 1. The number of ether oxygens (including phenoxy) is 4. The van der Waals surface area contributed by atoms with Gasteiger partial charge in [-0.2, -0.15) is 10.2 Å². The van der Waals surface area contributed by atoms with Crippen molar-refractivity contribution >= 4 is 23.5 Å². The first kappa shape index (κ1) is 45.8. The van der Waals surface area contributed by atoms with Crippen molar-refractivity contribution in [3.05, 3.63) is 129 Å². The van der Waals surface area contributed by atoms with Gasteiger partial charge in [-0.25, -0.2) is 0 Å². The van der Waals surface area contributed by atoms with Gasteiger partial charge in [0.25, 0.3) is 0 Å². The molecule has 2 heterocycles. The van der Waals surface area contributed by atoms with Crippen molar-refractivity contribution < 1.29 is 49.0 Å². The molecule has 16 heteroatoms. The first-order chi connectivity index (χ1) is 29.3. The van der Waals surface area contributed by atoms with Crippen LogP contribution in [0.25, 0.3) is 11.1 Å². The molecule has 0 aliphatic rings. The monoisotopic (exact) mass is 853 g/mol. The van der Waals surface area contributed by atoms with Gasteiger partial charge in [-0.3, -0.25) is 14.6 Å². The number of hydrogen-bond donors (Lipinski definition) is 6. The number of benzene rings is 3. The summed E-state index contributed by atoms with van der Waals surface area (Å²) in [4.78, 5) is 30.4.